The van der Waals surface area contributed by atoms with E-state index in [-0.39, 0.29) is 10.8 Å². The molecule has 0 heterocycles. The van der Waals surface area contributed by atoms with Crippen LogP contribution in [0.15, 0.2) is 23.8 Å². The molecule has 2 fully saturated rings. The van der Waals surface area contributed by atoms with Crippen molar-refractivity contribution in [3.63, 3.8) is 0 Å². The molecule has 0 aromatic carbocycles. The molecule has 0 aromatic heterocycles. The van der Waals surface area contributed by atoms with E-state index in [2.05, 4.69) is 39.8 Å². The van der Waals surface area contributed by atoms with Crippen LogP contribution in [0.4, 0.5) is 0 Å². The van der Waals surface area contributed by atoms with Crippen molar-refractivity contribution in [3.8, 4) is 0 Å². The Morgan fingerprint density at radius 2 is 1.81 bits per heavy atom. The summed E-state index contributed by atoms with van der Waals surface area (Å²) in [7, 11) is 0. The van der Waals surface area contributed by atoms with Gasteiger partial charge in [0, 0.05) is 10.8 Å². The maximum absolute atomic E-state index is 12.5. The van der Waals surface area contributed by atoms with Crippen molar-refractivity contribution in [2.75, 3.05) is 0 Å². The lowest BCUT2D eigenvalue weighted by Crippen LogP contribution is -2.54. The molecule has 1 nitrogen and oxygen atoms in total. The highest BCUT2D eigenvalue weighted by atomic mass is 16.1. The summed E-state index contributed by atoms with van der Waals surface area (Å²) in [4.78, 5) is 12.5. The van der Waals surface area contributed by atoms with Crippen molar-refractivity contribution in [2.45, 2.75) is 66.2 Å². The Morgan fingerprint density at radius 3 is 2.57 bits per heavy atom. The fourth-order valence-corrected chi connectivity index (χ4v) is 6.56. The van der Waals surface area contributed by atoms with Crippen molar-refractivity contribution < 1.29 is 4.79 Å². The summed E-state index contributed by atoms with van der Waals surface area (Å²) in [5.41, 5.74) is 2.29. The molecule has 4 aliphatic carbocycles. The Kier molecular flexibility index (Phi) is 2.45. The zero-order chi connectivity index (χ0) is 15.1. The number of allylic oxidation sites excluding steroid dienone is 4. The van der Waals surface area contributed by atoms with Crippen LogP contribution >= 0.6 is 0 Å². The van der Waals surface area contributed by atoms with Gasteiger partial charge < -0.3 is 0 Å². The van der Waals surface area contributed by atoms with Crippen LogP contribution in [-0.2, 0) is 4.79 Å². The fraction of sp³-hybridized carbons (Fsp3) is 0.750. The number of hydrogen-bond acceptors (Lipinski definition) is 1. The molecule has 4 atom stereocenters. The van der Waals surface area contributed by atoms with Crippen LogP contribution in [0, 0.1) is 27.6 Å². The van der Waals surface area contributed by atoms with Gasteiger partial charge in [-0.1, -0.05) is 46.3 Å². The molecule has 21 heavy (non-hydrogen) atoms. The molecule has 4 rings (SSSR count). The summed E-state index contributed by atoms with van der Waals surface area (Å²) in [6.07, 6.45) is 14.2. The second-order valence-electron chi connectivity index (χ2n) is 9.38. The summed E-state index contributed by atoms with van der Waals surface area (Å²) < 4.78 is 0. The van der Waals surface area contributed by atoms with Crippen LogP contribution in [0.2, 0.25) is 0 Å². The molecule has 0 saturated heterocycles. The zero-order valence-electron chi connectivity index (χ0n) is 14.0. The van der Waals surface area contributed by atoms with Gasteiger partial charge in [-0.05, 0) is 60.5 Å². The number of carbonyl (C=O) groups is 1. The molecule has 0 amide bonds. The van der Waals surface area contributed by atoms with E-state index in [1.165, 1.54) is 31.3 Å². The molecule has 0 unspecified atom stereocenters. The third kappa shape index (κ3) is 1.46. The van der Waals surface area contributed by atoms with Gasteiger partial charge in [-0.3, -0.25) is 4.79 Å². The van der Waals surface area contributed by atoms with Crippen LogP contribution in [-0.4, -0.2) is 5.78 Å². The topological polar surface area (TPSA) is 17.1 Å². The van der Waals surface area contributed by atoms with Gasteiger partial charge in [0.05, 0.1) is 0 Å². The van der Waals surface area contributed by atoms with Crippen LogP contribution in [0.3, 0.4) is 0 Å². The van der Waals surface area contributed by atoms with Gasteiger partial charge in [0.2, 0.25) is 0 Å². The maximum atomic E-state index is 12.5. The van der Waals surface area contributed by atoms with Gasteiger partial charge in [-0.2, -0.15) is 0 Å². The zero-order valence-corrected chi connectivity index (χ0v) is 14.0. The Hall–Kier alpha value is -0.850. The predicted molar refractivity (Wildman–Crippen MR) is 85.9 cm³/mol. The van der Waals surface area contributed by atoms with Crippen molar-refractivity contribution >= 4 is 5.78 Å². The third-order valence-corrected chi connectivity index (χ3v) is 7.84. The molecule has 4 aliphatic rings. The minimum atomic E-state index is -0.0795. The molecule has 0 aromatic rings. The van der Waals surface area contributed by atoms with Gasteiger partial charge in [-0.25, -0.2) is 0 Å². The highest BCUT2D eigenvalue weighted by Gasteiger charge is 2.65. The van der Waals surface area contributed by atoms with E-state index in [9.17, 15) is 4.79 Å². The molecule has 2 bridgehead atoms. The smallest absolute Gasteiger partial charge is 0.161 e. The van der Waals surface area contributed by atoms with Gasteiger partial charge in [-0.15, -0.1) is 0 Å². The van der Waals surface area contributed by atoms with E-state index < -0.39 is 0 Å². The monoisotopic (exact) mass is 284 g/mol. The first-order valence-corrected chi connectivity index (χ1v) is 8.69. The largest absolute Gasteiger partial charge is 0.294 e. The summed E-state index contributed by atoms with van der Waals surface area (Å²) in [5, 5.41) is 0. The first-order chi connectivity index (χ1) is 9.74. The van der Waals surface area contributed by atoms with Crippen molar-refractivity contribution in [1.29, 1.82) is 0 Å². The molecule has 1 heteroatoms. The Morgan fingerprint density at radius 1 is 1.05 bits per heavy atom. The maximum Gasteiger partial charge on any atom is 0.161 e. The normalized spacial score (nSPS) is 50.4. The Balaban J connectivity index is 1.93. The van der Waals surface area contributed by atoms with Crippen molar-refractivity contribution in [2.24, 2.45) is 27.6 Å². The lowest BCUT2D eigenvalue weighted by molar-refractivity contribution is -0.126. The lowest BCUT2D eigenvalue weighted by atomic mass is 9.42. The second kappa shape index (κ2) is 3.73. The third-order valence-electron chi connectivity index (χ3n) is 7.84. The van der Waals surface area contributed by atoms with E-state index in [0.717, 1.165) is 12.8 Å². The first kappa shape index (κ1) is 13.8. The first-order valence-electron chi connectivity index (χ1n) is 8.69. The molecule has 1 spiro atoms. The lowest BCUT2D eigenvalue weighted by Gasteiger charge is -2.62. The quantitative estimate of drug-likeness (QED) is 0.606. The molecular weight excluding hydrogens is 256 g/mol. The number of fused-ring (bicyclic) bond motifs is 2. The molecular formula is C20H28O. The molecule has 0 N–H and O–H groups in total. The summed E-state index contributed by atoms with van der Waals surface area (Å²) in [6.45, 7) is 9.65. The van der Waals surface area contributed by atoms with Gasteiger partial charge in [0.15, 0.2) is 5.78 Å². The van der Waals surface area contributed by atoms with E-state index in [4.69, 9.17) is 0 Å². The van der Waals surface area contributed by atoms with Crippen LogP contribution in [0.5, 0.6) is 0 Å². The molecule has 2 saturated carbocycles. The standard InChI is InChI=1S/C20H28O/c1-17(2)8-5-9-19(4)15(17)7-6-14-12-16(21)18(3)10-11-20(14,19)13-18/h6-7,12,15H,5,8-11,13H2,1-4H3/t15-,18-,19-,20-/m0/s1. The van der Waals surface area contributed by atoms with Crippen LogP contribution in [0.25, 0.3) is 0 Å². The predicted octanol–water partition coefficient (Wildman–Crippen LogP) is 5.07. The minimum Gasteiger partial charge on any atom is -0.294 e. The van der Waals surface area contributed by atoms with Crippen LogP contribution < -0.4 is 0 Å². The van der Waals surface area contributed by atoms with E-state index >= 15 is 0 Å². The minimum absolute atomic E-state index is 0.0795. The van der Waals surface area contributed by atoms with E-state index in [0.29, 0.717) is 22.5 Å². The van der Waals surface area contributed by atoms with Gasteiger partial charge in [0.25, 0.3) is 0 Å². The summed E-state index contributed by atoms with van der Waals surface area (Å²) in [5.74, 6) is 1.04. The number of rotatable bonds is 0. The number of hydrogen-bond donors (Lipinski definition) is 0. The van der Waals surface area contributed by atoms with Crippen molar-refractivity contribution in [3.05, 3.63) is 23.8 Å². The van der Waals surface area contributed by atoms with Gasteiger partial charge in [0.1, 0.15) is 0 Å². The highest BCUT2D eigenvalue weighted by molar-refractivity contribution is 5.97. The average molecular weight is 284 g/mol. The van der Waals surface area contributed by atoms with E-state index in [1.807, 2.05) is 6.08 Å². The Bertz CT molecular complexity index is 581. The van der Waals surface area contributed by atoms with Crippen molar-refractivity contribution in [1.82, 2.24) is 0 Å². The number of carbonyl (C=O) groups excluding carboxylic acids is 1. The molecule has 0 aliphatic heterocycles. The molecule has 114 valence electrons. The van der Waals surface area contributed by atoms with Crippen LogP contribution in [0.1, 0.15) is 66.2 Å². The summed E-state index contributed by atoms with van der Waals surface area (Å²) in [6, 6.07) is 0. The van der Waals surface area contributed by atoms with E-state index in [1.54, 1.807) is 0 Å². The fourth-order valence-electron chi connectivity index (χ4n) is 6.56. The Labute approximate surface area is 128 Å². The summed E-state index contributed by atoms with van der Waals surface area (Å²) >= 11 is 0. The van der Waals surface area contributed by atoms with Gasteiger partial charge >= 0.3 is 0 Å². The SMILES string of the molecule is CC1(C)CCC[C@@]2(C)[C@H]1C=CC1=CC(=O)[C@@]3(C)CC[C@]12C3. The highest BCUT2D eigenvalue weighted by Crippen LogP contribution is 2.72. The molecule has 0 radical (unpaired) electrons. The number of ketones is 1. The average Bonchev–Trinajstić information content (AvgIpc) is 2.70. The second-order valence-corrected chi connectivity index (χ2v) is 9.38.